The van der Waals surface area contributed by atoms with Crippen LogP contribution in [0.15, 0.2) is 40.9 Å². The largest absolute Gasteiger partial charge is 0.304 e. The van der Waals surface area contributed by atoms with Gasteiger partial charge in [-0.3, -0.25) is 4.79 Å². The van der Waals surface area contributed by atoms with E-state index in [9.17, 15) is 4.79 Å². The van der Waals surface area contributed by atoms with Crippen molar-refractivity contribution in [2.45, 2.75) is 0 Å². The molecule has 0 N–H and O–H groups in total. The summed E-state index contributed by atoms with van der Waals surface area (Å²) in [5.74, 6) is 0. The van der Waals surface area contributed by atoms with Gasteiger partial charge in [0.1, 0.15) is 0 Å². The van der Waals surface area contributed by atoms with Crippen molar-refractivity contribution >= 4 is 27.1 Å². The lowest BCUT2D eigenvalue weighted by atomic mass is 10.3. The van der Waals surface area contributed by atoms with Crippen LogP contribution in [-0.4, -0.2) is 9.38 Å². The minimum Gasteiger partial charge on any atom is -0.304 e. The fourth-order valence-electron chi connectivity index (χ4n) is 1.52. The van der Waals surface area contributed by atoms with Crippen molar-refractivity contribution in [1.82, 2.24) is 9.38 Å². The van der Waals surface area contributed by atoms with Crippen LogP contribution in [0.1, 0.15) is 0 Å². The Bertz CT molecular complexity index is 612. The SMILES string of the molecule is O=c1c2ccsc2ccn2ccnc12. The number of hydrogen-bond acceptors (Lipinski definition) is 3. The van der Waals surface area contributed by atoms with Crippen LogP contribution in [0.5, 0.6) is 0 Å². The maximum Gasteiger partial charge on any atom is 0.230 e. The average Bonchev–Trinajstić information content (AvgIpc) is 2.81. The minimum absolute atomic E-state index is 0.00347. The Hall–Kier alpha value is -1.68. The molecule has 0 fully saturated rings. The lowest BCUT2D eigenvalue weighted by molar-refractivity contribution is 1.20. The first-order chi connectivity index (χ1) is 6.86. The Kier molecular flexibility index (Phi) is 1.46. The molecule has 3 nitrogen and oxygen atoms in total. The number of fused-ring (bicyclic) bond motifs is 2. The van der Waals surface area contributed by atoms with Gasteiger partial charge in [-0.25, -0.2) is 4.98 Å². The summed E-state index contributed by atoms with van der Waals surface area (Å²) in [6.07, 6.45) is 5.28. The van der Waals surface area contributed by atoms with Gasteiger partial charge < -0.3 is 4.40 Å². The fraction of sp³-hybridized carbons (Fsp3) is 0. The number of rotatable bonds is 0. The van der Waals surface area contributed by atoms with Crippen molar-refractivity contribution in [3.63, 3.8) is 0 Å². The van der Waals surface area contributed by atoms with Gasteiger partial charge in [0.2, 0.25) is 5.43 Å². The highest BCUT2D eigenvalue weighted by Gasteiger charge is 2.02. The summed E-state index contributed by atoms with van der Waals surface area (Å²) in [6.45, 7) is 0. The molecule has 0 spiro atoms. The number of aromatic nitrogens is 2. The number of imidazole rings is 1. The average molecular weight is 202 g/mol. The minimum atomic E-state index is -0.00347. The third-order valence-corrected chi connectivity index (χ3v) is 3.08. The van der Waals surface area contributed by atoms with Crippen molar-refractivity contribution < 1.29 is 0 Å². The van der Waals surface area contributed by atoms with E-state index in [2.05, 4.69) is 4.98 Å². The summed E-state index contributed by atoms with van der Waals surface area (Å²) >= 11 is 1.57. The molecule has 0 saturated heterocycles. The van der Waals surface area contributed by atoms with E-state index in [4.69, 9.17) is 0 Å². The van der Waals surface area contributed by atoms with E-state index in [0.717, 1.165) is 10.1 Å². The van der Waals surface area contributed by atoms with Crippen molar-refractivity contribution in [3.05, 3.63) is 46.3 Å². The third-order valence-electron chi connectivity index (χ3n) is 2.20. The zero-order valence-corrected chi connectivity index (χ0v) is 7.99. The Morgan fingerprint density at radius 3 is 3.14 bits per heavy atom. The lowest BCUT2D eigenvalue weighted by Crippen LogP contribution is -1.99. The van der Waals surface area contributed by atoms with Crippen LogP contribution in [0, 0.1) is 0 Å². The first kappa shape index (κ1) is 7.70. The van der Waals surface area contributed by atoms with Gasteiger partial charge in [0.25, 0.3) is 0 Å². The molecule has 4 heteroatoms. The van der Waals surface area contributed by atoms with E-state index >= 15 is 0 Å². The molecule has 0 aromatic carbocycles. The van der Waals surface area contributed by atoms with Crippen LogP contribution >= 0.6 is 11.3 Å². The highest BCUT2D eigenvalue weighted by molar-refractivity contribution is 7.17. The first-order valence-electron chi connectivity index (χ1n) is 4.19. The maximum absolute atomic E-state index is 11.9. The van der Waals surface area contributed by atoms with E-state index in [-0.39, 0.29) is 5.43 Å². The van der Waals surface area contributed by atoms with Crippen LogP contribution in [0.3, 0.4) is 0 Å². The molecule has 68 valence electrons. The Labute approximate surface area is 83.3 Å². The second kappa shape index (κ2) is 2.65. The molecule has 3 aromatic heterocycles. The van der Waals surface area contributed by atoms with Crippen molar-refractivity contribution in [2.75, 3.05) is 0 Å². The molecule has 14 heavy (non-hydrogen) atoms. The lowest BCUT2D eigenvalue weighted by Gasteiger charge is -1.80. The van der Waals surface area contributed by atoms with E-state index < -0.39 is 0 Å². The van der Waals surface area contributed by atoms with Crippen LogP contribution in [-0.2, 0) is 0 Å². The molecular formula is C10H6N2OS. The summed E-state index contributed by atoms with van der Waals surface area (Å²) in [6, 6.07) is 3.78. The third kappa shape index (κ3) is 0.914. The van der Waals surface area contributed by atoms with Crippen molar-refractivity contribution in [3.8, 4) is 0 Å². The molecule has 0 unspecified atom stereocenters. The molecule has 0 saturated carbocycles. The quantitative estimate of drug-likeness (QED) is 0.558. The van der Waals surface area contributed by atoms with Crippen LogP contribution < -0.4 is 5.43 Å². The Morgan fingerprint density at radius 2 is 2.21 bits per heavy atom. The second-order valence-electron chi connectivity index (χ2n) is 3.00. The van der Waals surface area contributed by atoms with E-state index in [1.807, 2.05) is 23.7 Å². The van der Waals surface area contributed by atoms with E-state index in [1.165, 1.54) is 0 Å². The monoisotopic (exact) mass is 202 g/mol. The molecule has 0 amide bonds. The molecule has 0 aliphatic rings. The molecule has 0 aliphatic heterocycles. The fourth-order valence-corrected chi connectivity index (χ4v) is 2.29. The summed E-state index contributed by atoms with van der Waals surface area (Å²) in [7, 11) is 0. The Morgan fingerprint density at radius 1 is 1.29 bits per heavy atom. The molecule has 3 heterocycles. The number of hydrogen-bond donors (Lipinski definition) is 0. The topological polar surface area (TPSA) is 34.4 Å². The van der Waals surface area contributed by atoms with Crippen LogP contribution in [0.2, 0.25) is 0 Å². The first-order valence-corrected chi connectivity index (χ1v) is 5.07. The zero-order chi connectivity index (χ0) is 9.54. The molecule has 0 aliphatic carbocycles. The molecule has 3 aromatic rings. The van der Waals surface area contributed by atoms with Gasteiger partial charge in [0.05, 0.1) is 0 Å². The summed E-state index contributed by atoms with van der Waals surface area (Å²) < 4.78 is 2.75. The molecule has 0 radical (unpaired) electrons. The van der Waals surface area contributed by atoms with Gasteiger partial charge >= 0.3 is 0 Å². The number of nitrogens with zero attached hydrogens (tertiary/aromatic N) is 2. The highest BCUT2D eigenvalue weighted by Crippen LogP contribution is 2.16. The van der Waals surface area contributed by atoms with Gasteiger partial charge in [-0.2, -0.15) is 0 Å². The van der Waals surface area contributed by atoms with Gasteiger partial charge in [-0.15, -0.1) is 11.3 Å². The van der Waals surface area contributed by atoms with Crippen molar-refractivity contribution in [1.29, 1.82) is 0 Å². The van der Waals surface area contributed by atoms with E-state index in [1.54, 1.807) is 28.1 Å². The van der Waals surface area contributed by atoms with Gasteiger partial charge in [-0.05, 0) is 17.5 Å². The molecule has 3 rings (SSSR count). The zero-order valence-electron chi connectivity index (χ0n) is 7.18. The highest BCUT2D eigenvalue weighted by atomic mass is 32.1. The standard InChI is InChI=1S/C10H6N2OS/c13-9-7-2-6-14-8(7)1-4-12-5-3-11-10(9)12/h1-6H. The van der Waals surface area contributed by atoms with Crippen LogP contribution in [0.25, 0.3) is 15.7 Å². The predicted octanol–water partition coefficient (Wildman–Crippen LogP) is 1.91. The van der Waals surface area contributed by atoms with Crippen LogP contribution in [0.4, 0.5) is 0 Å². The summed E-state index contributed by atoms with van der Waals surface area (Å²) in [4.78, 5) is 16.0. The normalized spacial score (nSPS) is 11.1. The maximum atomic E-state index is 11.9. The van der Waals surface area contributed by atoms with Crippen molar-refractivity contribution in [2.24, 2.45) is 0 Å². The van der Waals surface area contributed by atoms with Gasteiger partial charge in [0, 0.05) is 28.7 Å². The molecule has 0 atom stereocenters. The summed E-state index contributed by atoms with van der Waals surface area (Å²) in [5.41, 5.74) is 0.481. The van der Waals surface area contributed by atoms with E-state index in [0.29, 0.717) is 5.65 Å². The smallest absolute Gasteiger partial charge is 0.230 e. The second-order valence-corrected chi connectivity index (χ2v) is 3.95. The summed E-state index contributed by atoms with van der Waals surface area (Å²) in [5, 5.41) is 2.67. The predicted molar refractivity (Wildman–Crippen MR) is 56.8 cm³/mol. The Balaban J connectivity index is 2.74. The number of thiophene rings is 1. The van der Waals surface area contributed by atoms with Gasteiger partial charge in [0.15, 0.2) is 5.65 Å². The molecular weight excluding hydrogens is 196 g/mol. The van der Waals surface area contributed by atoms with Gasteiger partial charge in [-0.1, -0.05) is 0 Å². The molecule has 0 bridgehead atoms.